The van der Waals surface area contributed by atoms with E-state index in [1.807, 2.05) is 11.3 Å². The zero-order valence-electron chi connectivity index (χ0n) is 25.6. The van der Waals surface area contributed by atoms with Gasteiger partial charge in [0.05, 0.1) is 0 Å². The van der Waals surface area contributed by atoms with Crippen LogP contribution in [-0.2, 0) is 0 Å². The van der Waals surface area contributed by atoms with Crippen LogP contribution in [0.2, 0.25) is 0 Å². The minimum atomic E-state index is 1.14. The van der Waals surface area contributed by atoms with E-state index in [1.165, 1.54) is 41.7 Å². The molecule has 8 aromatic carbocycles. The van der Waals surface area contributed by atoms with Gasteiger partial charge in [0.2, 0.25) is 0 Å². The Bertz CT molecular complexity index is 2250. The van der Waals surface area contributed by atoms with E-state index in [4.69, 9.17) is 0 Å². The molecule has 0 unspecified atom stereocenters. The molecular weight excluding hydrogens is 589 g/mol. The fourth-order valence-corrected chi connectivity index (χ4v) is 8.02. The maximum atomic E-state index is 2.33. The molecule has 2 nitrogen and oxygen atoms in total. The highest BCUT2D eigenvalue weighted by Gasteiger charge is 2.17. The lowest BCUT2D eigenvalue weighted by atomic mass is 9.98. The number of fused-ring (bicyclic) bond motifs is 7. The zero-order chi connectivity index (χ0) is 31.2. The third kappa shape index (κ3) is 4.80. The molecule has 0 aliphatic rings. The van der Waals surface area contributed by atoms with Gasteiger partial charge in [-0.25, -0.2) is 0 Å². The van der Waals surface area contributed by atoms with E-state index < -0.39 is 0 Å². The third-order valence-corrected chi connectivity index (χ3v) is 10.1. The van der Waals surface area contributed by atoms with Crippen LogP contribution in [0.5, 0.6) is 0 Å². The van der Waals surface area contributed by atoms with Gasteiger partial charge in [0.1, 0.15) is 0 Å². The van der Waals surface area contributed by atoms with Crippen molar-refractivity contribution in [1.82, 2.24) is 0 Å². The molecule has 222 valence electrons. The number of nitrogens with zero attached hydrogens (tertiary/aromatic N) is 2. The minimum Gasteiger partial charge on any atom is -0.310 e. The number of hydrogen-bond donors (Lipinski definition) is 0. The lowest BCUT2D eigenvalue weighted by Crippen LogP contribution is -2.09. The van der Waals surface area contributed by atoms with Crippen molar-refractivity contribution in [2.24, 2.45) is 0 Å². The number of thiophene rings is 1. The topological polar surface area (TPSA) is 6.48 Å². The second kappa shape index (κ2) is 11.5. The SMILES string of the molecule is c1ccc(N(c2ccccc2)c2ccc3c(ccc4sc5ccc6cc(N(c7ccccc7)c7ccccc7)ccc6c5c43)c2)cc1. The molecule has 47 heavy (non-hydrogen) atoms. The number of hydrogen-bond acceptors (Lipinski definition) is 3. The largest absolute Gasteiger partial charge is 0.310 e. The minimum absolute atomic E-state index is 1.14. The summed E-state index contributed by atoms with van der Waals surface area (Å²) in [5, 5.41) is 7.71. The van der Waals surface area contributed by atoms with Gasteiger partial charge in [-0.3, -0.25) is 0 Å². The molecular formula is C44H30N2S. The first kappa shape index (κ1) is 27.4. The predicted molar refractivity (Wildman–Crippen MR) is 204 cm³/mol. The van der Waals surface area contributed by atoms with Gasteiger partial charge in [0.25, 0.3) is 0 Å². The van der Waals surface area contributed by atoms with Gasteiger partial charge in [-0.05, 0) is 106 Å². The van der Waals surface area contributed by atoms with E-state index >= 15 is 0 Å². The molecule has 0 saturated heterocycles. The fraction of sp³-hybridized carbons (Fsp3) is 0. The van der Waals surface area contributed by atoms with E-state index in [0.717, 1.165) is 34.1 Å². The summed E-state index contributed by atoms with van der Waals surface area (Å²) in [6.07, 6.45) is 0. The standard InChI is InChI=1S/C44H30N2S/c1-5-13-33(14-6-1)45(34-15-7-2-8-16-34)37-23-25-39-31(29-37)21-27-41-43(39)44-40-26-24-38(30-32(40)22-28-42(44)47-41)46(35-17-9-3-10-18-35)36-19-11-4-12-20-36/h1-30H. The monoisotopic (exact) mass is 618 g/mol. The second-order valence-corrected chi connectivity index (χ2v) is 12.9. The van der Waals surface area contributed by atoms with Crippen molar-refractivity contribution in [2.45, 2.75) is 0 Å². The third-order valence-electron chi connectivity index (χ3n) is 8.97. The quantitative estimate of drug-likeness (QED) is 0.183. The van der Waals surface area contributed by atoms with Crippen LogP contribution in [-0.4, -0.2) is 0 Å². The molecule has 0 fully saturated rings. The van der Waals surface area contributed by atoms with Crippen LogP contribution in [0.15, 0.2) is 182 Å². The number of anilines is 6. The summed E-state index contributed by atoms with van der Waals surface area (Å²) in [5.41, 5.74) is 6.85. The van der Waals surface area contributed by atoms with Crippen molar-refractivity contribution >= 4 is 87.2 Å². The lowest BCUT2D eigenvalue weighted by Gasteiger charge is -2.26. The van der Waals surface area contributed by atoms with Crippen LogP contribution < -0.4 is 9.80 Å². The van der Waals surface area contributed by atoms with E-state index in [0.29, 0.717) is 0 Å². The number of benzene rings is 8. The molecule has 9 rings (SSSR count). The van der Waals surface area contributed by atoms with Crippen molar-refractivity contribution < 1.29 is 0 Å². The number of rotatable bonds is 6. The van der Waals surface area contributed by atoms with Gasteiger partial charge < -0.3 is 9.80 Å². The summed E-state index contributed by atoms with van der Waals surface area (Å²) < 4.78 is 2.63. The van der Waals surface area contributed by atoms with Gasteiger partial charge in [-0.1, -0.05) is 97.1 Å². The van der Waals surface area contributed by atoms with Crippen molar-refractivity contribution in [3.05, 3.63) is 182 Å². The summed E-state index contributed by atoms with van der Waals surface area (Å²) in [7, 11) is 0. The van der Waals surface area contributed by atoms with E-state index in [1.54, 1.807) is 0 Å². The van der Waals surface area contributed by atoms with Crippen molar-refractivity contribution in [1.29, 1.82) is 0 Å². The average molecular weight is 619 g/mol. The molecule has 0 spiro atoms. The fourth-order valence-electron chi connectivity index (χ4n) is 6.88. The van der Waals surface area contributed by atoms with Gasteiger partial charge in [-0.15, -0.1) is 11.3 Å². The summed E-state index contributed by atoms with van der Waals surface area (Å²) in [6.45, 7) is 0. The molecule has 0 bridgehead atoms. The summed E-state index contributed by atoms with van der Waals surface area (Å²) in [5.74, 6) is 0. The van der Waals surface area contributed by atoms with Crippen molar-refractivity contribution in [3.8, 4) is 0 Å². The number of para-hydroxylation sites is 4. The molecule has 9 aromatic rings. The zero-order valence-corrected chi connectivity index (χ0v) is 26.4. The molecule has 3 heteroatoms. The predicted octanol–water partition coefficient (Wildman–Crippen LogP) is 13.3. The summed E-state index contributed by atoms with van der Waals surface area (Å²) in [6, 6.07) is 65.4. The Morgan fingerprint density at radius 1 is 0.298 bits per heavy atom. The normalized spacial score (nSPS) is 11.4. The lowest BCUT2D eigenvalue weighted by molar-refractivity contribution is 1.29. The Hall–Kier alpha value is -5.90. The van der Waals surface area contributed by atoms with Crippen LogP contribution in [0.3, 0.4) is 0 Å². The van der Waals surface area contributed by atoms with Crippen LogP contribution >= 0.6 is 11.3 Å². The Morgan fingerprint density at radius 3 is 0.979 bits per heavy atom. The summed E-state index contributed by atoms with van der Waals surface area (Å²) >= 11 is 1.88. The van der Waals surface area contributed by atoms with Crippen LogP contribution in [0, 0.1) is 0 Å². The van der Waals surface area contributed by atoms with Gasteiger partial charge >= 0.3 is 0 Å². The Labute approximate surface area is 278 Å². The van der Waals surface area contributed by atoms with Crippen molar-refractivity contribution in [2.75, 3.05) is 9.80 Å². The second-order valence-electron chi connectivity index (χ2n) is 11.8. The highest BCUT2D eigenvalue weighted by Crippen LogP contribution is 2.45. The van der Waals surface area contributed by atoms with Gasteiger partial charge in [-0.2, -0.15) is 0 Å². The maximum Gasteiger partial charge on any atom is 0.0468 e. The maximum absolute atomic E-state index is 2.33. The Morgan fingerprint density at radius 2 is 0.638 bits per heavy atom. The molecule has 0 amide bonds. The molecule has 0 radical (unpaired) electrons. The molecule has 0 aliphatic heterocycles. The van der Waals surface area contributed by atoms with E-state index in [2.05, 4.69) is 192 Å². The molecule has 1 aromatic heterocycles. The first-order chi connectivity index (χ1) is 23.3. The Balaban J connectivity index is 1.22. The average Bonchev–Trinajstić information content (AvgIpc) is 3.53. The summed E-state index contributed by atoms with van der Waals surface area (Å²) in [4.78, 5) is 4.66. The molecule has 0 N–H and O–H groups in total. The highest BCUT2D eigenvalue weighted by atomic mass is 32.1. The smallest absolute Gasteiger partial charge is 0.0468 e. The molecule has 0 atom stereocenters. The van der Waals surface area contributed by atoms with Crippen LogP contribution in [0.4, 0.5) is 34.1 Å². The van der Waals surface area contributed by atoms with Crippen LogP contribution in [0.1, 0.15) is 0 Å². The first-order valence-electron chi connectivity index (χ1n) is 15.9. The molecule has 1 heterocycles. The molecule has 0 saturated carbocycles. The Kier molecular flexibility index (Phi) is 6.69. The van der Waals surface area contributed by atoms with E-state index in [9.17, 15) is 0 Å². The van der Waals surface area contributed by atoms with Gasteiger partial charge in [0, 0.05) is 54.3 Å². The van der Waals surface area contributed by atoms with E-state index in [-0.39, 0.29) is 0 Å². The van der Waals surface area contributed by atoms with Crippen LogP contribution in [0.25, 0.3) is 41.7 Å². The molecule has 0 aliphatic carbocycles. The first-order valence-corrected chi connectivity index (χ1v) is 16.8. The highest BCUT2D eigenvalue weighted by molar-refractivity contribution is 7.26. The van der Waals surface area contributed by atoms with Crippen molar-refractivity contribution in [3.63, 3.8) is 0 Å². The van der Waals surface area contributed by atoms with Gasteiger partial charge in [0.15, 0.2) is 0 Å².